The van der Waals surface area contributed by atoms with E-state index in [4.69, 9.17) is 21.5 Å². The van der Waals surface area contributed by atoms with Crippen molar-refractivity contribution in [3.8, 4) is 79.2 Å². The minimum atomic E-state index is -0.171. The first kappa shape index (κ1) is 65.6. The first-order valence-corrected chi connectivity index (χ1v) is 36.9. The highest BCUT2D eigenvalue weighted by molar-refractivity contribution is 6.21. The molecule has 8 nitrogen and oxygen atoms in total. The average Bonchev–Trinajstić information content (AvgIpc) is 1.55. The minimum absolute atomic E-state index is 0.171. The number of aromatic nitrogens is 7. The zero-order valence-electron chi connectivity index (χ0n) is 62.1. The molecule has 0 aliphatic carbocycles. The van der Waals surface area contributed by atoms with E-state index in [2.05, 4.69) is 373 Å². The van der Waals surface area contributed by atoms with Crippen LogP contribution in [0.2, 0.25) is 0 Å². The fourth-order valence-corrected chi connectivity index (χ4v) is 16.0. The van der Waals surface area contributed by atoms with Crippen molar-refractivity contribution >= 4 is 92.9 Å². The van der Waals surface area contributed by atoms with Gasteiger partial charge in [-0.3, -0.25) is 0 Å². The van der Waals surface area contributed by atoms with E-state index in [0.29, 0.717) is 23.2 Å². The highest BCUT2D eigenvalue weighted by Crippen LogP contribution is 2.48. The van der Waals surface area contributed by atoms with Gasteiger partial charge < -0.3 is 18.3 Å². The highest BCUT2D eigenvalue weighted by atomic mass is 15.1. The summed E-state index contributed by atoms with van der Waals surface area (Å²) in [5.41, 5.74) is 24.4. The molecule has 0 atom stereocenters. The van der Waals surface area contributed by atoms with Crippen LogP contribution in [0.25, 0.3) is 171 Å². The van der Waals surface area contributed by atoms with Crippen LogP contribution in [0.3, 0.4) is 0 Å². The van der Waals surface area contributed by atoms with E-state index in [1.807, 2.05) is 12.1 Å². The molecule has 13 aromatic carbocycles. The van der Waals surface area contributed by atoms with Gasteiger partial charge in [-0.05, 0) is 176 Å². The third kappa shape index (κ3) is 11.0. The molecule has 5 aromatic heterocycles. The predicted molar refractivity (Wildman–Crippen MR) is 445 cm³/mol. The summed E-state index contributed by atoms with van der Waals surface area (Å²) >= 11 is 0. The number of hydrogen-bond donors (Lipinski definition) is 0. The molecule has 8 heteroatoms. The van der Waals surface area contributed by atoms with Gasteiger partial charge in [-0.1, -0.05) is 241 Å². The topological polar surface area (TPSA) is 62.8 Å². The molecule has 0 bridgehead atoms. The van der Waals surface area contributed by atoms with Crippen LogP contribution in [-0.4, -0.2) is 33.2 Å². The molecule has 0 N–H and O–H groups in total. The lowest BCUT2D eigenvalue weighted by atomic mass is 9.79. The van der Waals surface area contributed by atoms with E-state index in [1.54, 1.807) is 0 Å². The Balaban J connectivity index is 0.988. The predicted octanol–water partition coefficient (Wildman–Crippen LogP) is 26.3. The molecule has 0 saturated heterocycles. The summed E-state index contributed by atoms with van der Waals surface area (Å²) < 4.78 is 9.86. The minimum Gasteiger partial charge on any atom is -0.309 e. The number of fused-ring (bicyclic) bond motifs is 12. The summed E-state index contributed by atoms with van der Waals surface area (Å²) in [5, 5.41) is 9.34. The molecule has 0 aliphatic heterocycles. The maximum Gasteiger partial charge on any atom is 0.187 e. The van der Waals surface area contributed by atoms with Crippen molar-refractivity contribution in [1.29, 1.82) is 0 Å². The normalized spacial score (nSPS) is 12.5. The number of rotatable bonds is 9. The molecular weight excluding hydrogens is 1290 g/mol. The van der Waals surface area contributed by atoms with E-state index in [-0.39, 0.29) is 21.7 Å². The third-order valence-corrected chi connectivity index (χ3v) is 21.8. The lowest BCUT2D eigenvalue weighted by Crippen LogP contribution is -2.17. The molecule has 18 rings (SSSR count). The second kappa shape index (κ2) is 24.3. The molecule has 0 radical (unpaired) electrons. The molecule has 514 valence electrons. The van der Waals surface area contributed by atoms with Crippen LogP contribution in [0.5, 0.6) is 0 Å². The quantitative estimate of drug-likeness (QED) is 0.135. The largest absolute Gasteiger partial charge is 0.309 e. The monoisotopic (exact) mass is 1370 g/mol. The van der Waals surface area contributed by atoms with Crippen LogP contribution >= 0.6 is 0 Å². The van der Waals surface area contributed by atoms with Crippen LogP contribution in [0.15, 0.2) is 279 Å². The van der Waals surface area contributed by atoms with Crippen LogP contribution < -0.4 is 0 Å². The zero-order chi connectivity index (χ0) is 72.9. The highest BCUT2D eigenvalue weighted by Gasteiger charge is 2.29. The Morgan fingerprint density at radius 2 is 0.585 bits per heavy atom. The molecule has 0 amide bonds. The van der Waals surface area contributed by atoms with E-state index in [1.165, 1.54) is 43.8 Å². The van der Waals surface area contributed by atoms with Crippen LogP contribution in [0.1, 0.15) is 105 Å². The van der Waals surface area contributed by atoms with Gasteiger partial charge in [0.25, 0.3) is 0 Å². The van der Waals surface area contributed by atoms with Crippen molar-refractivity contribution in [3.05, 3.63) is 313 Å². The second-order valence-corrected chi connectivity index (χ2v) is 32.9. The lowest BCUT2D eigenvalue weighted by Gasteiger charge is -2.26. The maximum absolute atomic E-state index is 8.00. The fourth-order valence-electron chi connectivity index (χ4n) is 16.0. The Bertz CT molecular complexity index is 6500. The number of para-hydroxylation sites is 6. The van der Waals surface area contributed by atoms with E-state index >= 15 is 0 Å². The molecule has 0 aliphatic rings. The molecule has 0 spiro atoms. The molecular formula is C98H82N8. The molecule has 5 heterocycles. The molecule has 18 aromatic rings. The van der Waals surface area contributed by atoms with Gasteiger partial charge in [0, 0.05) is 82.3 Å². The van der Waals surface area contributed by atoms with Gasteiger partial charge in [-0.15, -0.1) is 0 Å². The number of hydrogen-bond acceptors (Lipinski definition) is 3. The van der Waals surface area contributed by atoms with Gasteiger partial charge in [0.2, 0.25) is 0 Å². The van der Waals surface area contributed by atoms with E-state index in [9.17, 15) is 0 Å². The molecule has 0 saturated carbocycles. The summed E-state index contributed by atoms with van der Waals surface area (Å²) in [5.74, 6) is 1.78. The summed E-state index contributed by atoms with van der Waals surface area (Å²) in [6, 6.07) is 103. The first-order valence-electron chi connectivity index (χ1n) is 36.9. The summed E-state index contributed by atoms with van der Waals surface area (Å²) in [7, 11) is 0. The summed E-state index contributed by atoms with van der Waals surface area (Å²) in [6.45, 7) is 35.5. The van der Waals surface area contributed by atoms with Crippen molar-refractivity contribution in [1.82, 2.24) is 33.2 Å². The Hall–Kier alpha value is -12.4. The third-order valence-electron chi connectivity index (χ3n) is 21.8. The molecule has 106 heavy (non-hydrogen) atoms. The SMILES string of the molecule is [C-]#[N+]c1ccc(-c2ccc(-c3cc(-c4nc(-c5cc(C(C)(C)C)cc(C(C)(C)C)c5)nc(-c5cc(C(C)(C)C)cc(C(C)(C)C)c5)n4)ccc3-n3c4ccccc4c4cc5c6ccccc6n(-c6ccccc6)c5cc43)c(-n3c4ccccc4c4cc5c6ccccc6n(-c6ccccc6)c5cc43)c2)cc1. The Labute approximate surface area is 619 Å². The molecule has 0 fully saturated rings. The van der Waals surface area contributed by atoms with Gasteiger partial charge in [0.1, 0.15) is 0 Å². The smallest absolute Gasteiger partial charge is 0.187 e. The van der Waals surface area contributed by atoms with E-state index in [0.717, 1.165) is 127 Å². The van der Waals surface area contributed by atoms with Crippen LogP contribution in [-0.2, 0) is 21.7 Å². The summed E-state index contributed by atoms with van der Waals surface area (Å²) in [6.07, 6.45) is 0. The van der Waals surface area contributed by atoms with Gasteiger partial charge in [-0.25, -0.2) is 19.8 Å². The van der Waals surface area contributed by atoms with Gasteiger partial charge in [0.15, 0.2) is 23.2 Å². The standard InChI is InChI=1S/C98H82N8/c1-95(2,3)65-48-63(49-66(54-65)96(4,5)6)93-100-92(101-94(102-93)64-50-67(97(7,8)9)55-68(51-64)98(10,11)12)62-43-47-86(105-84-38-26-22-34-74(84)80-56-78-72-32-20-24-36-82(72)103(88(78)58-90(80)105)70-28-16-14-17-29-70)77(52-62)76-46-42-61(60-40-44-69(99-13)45-41-60)53-87(76)106-85-39-27-23-35-75(85)81-57-79-73-33-21-25-37-83(73)104(89(79)59-91(81)106)71-30-18-15-19-31-71/h14-59H,1-12H3. The fraction of sp³-hybridized carbons (Fsp3) is 0.163. The average molecular weight is 1370 g/mol. The van der Waals surface area contributed by atoms with Gasteiger partial charge in [0.05, 0.1) is 62.1 Å². The zero-order valence-corrected chi connectivity index (χ0v) is 62.1. The first-order chi connectivity index (χ1) is 51.0. The lowest BCUT2D eigenvalue weighted by molar-refractivity contribution is 0.568. The van der Waals surface area contributed by atoms with Gasteiger partial charge in [-0.2, -0.15) is 0 Å². The second-order valence-electron chi connectivity index (χ2n) is 32.9. The van der Waals surface area contributed by atoms with Crippen LogP contribution in [0.4, 0.5) is 5.69 Å². The van der Waals surface area contributed by atoms with Crippen molar-refractivity contribution in [3.63, 3.8) is 0 Å². The Kier molecular flexibility index (Phi) is 15.1. The number of nitrogens with zero attached hydrogens (tertiary/aromatic N) is 8. The van der Waals surface area contributed by atoms with Crippen molar-refractivity contribution < 1.29 is 0 Å². The Morgan fingerprint density at radius 3 is 0.981 bits per heavy atom. The maximum atomic E-state index is 8.00. The van der Waals surface area contributed by atoms with Crippen molar-refractivity contribution in [2.75, 3.05) is 0 Å². The van der Waals surface area contributed by atoms with Crippen molar-refractivity contribution in [2.24, 2.45) is 0 Å². The van der Waals surface area contributed by atoms with E-state index < -0.39 is 0 Å². The van der Waals surface area contributed by atoms with Crippen LogP contribution in [0, 0.1) is 6.57 Å². The Morgan fingerprint density at radius 1 is 0.245 bits per heavy atom. The number of benzene rings is 13. The molecule has 0 unspecified atom stereocenters. The summed E-state index contributed by atoms with van der Waals surface area (Å²) in [4.78, 5) is 21.0. The van der Waals surface area contributed by atoms with Gasteiger partial charge >= 0.3 is 0 Å². The van der Waals surface area contributed by atoms with Crippen molar-refractivity contribution in [2.45, 2.75) is 105 Å².